The van der Waals surface area contributed by atoms with Crippen LogP contribution in [-0.2, 0) is 19.1 Å². The zero-order chi connectivity index (χ0) is 32.2. The number of ether oxygens (including phenoxy) is 2. The molecule has 1 N–H and O–H groups in total. The average molecular weight is 617 g/mol. The second-order valence-corrected chi connectivity index (χ2v) is 11.9. The first-order valence-corrected chi connectivity index (χ1v) is 18.2. The lowest BCUT2D eigenvalue weighted by Crippen LogP contribution is -2.28. The molecule has 254 valence electrons. The molecule has 5 nitrogen and oxygen atoms in total. The van der Waals surface area contributed by atoms with Crippen LogP contribution in [0, 0.1) is 0 Å². The maximum absolute atomic E-state index is 12.1. The van der Waals surface area contributed by atoms with Crippen LogP contribution >= 0.6 is 0 Å². The summed E-state index contributed by atoms with van der Waals surface area (Å²) in [4.78, 5) is 24.2. The Bertz CT molecular complexity index is 752. The summed E-state index contributed by atoms with van der Waals surface area (Å²) in [6.45, 7) is 4.05. The van der Waals surface area contributed by atoms with Gasteiger partial charge in [-0.1, -0.05) is 127 Å². The minimum absolute atomic E-state index is 0.0897. The molecule has 0 aliphatic heterocycles. The SMILES string of the molecule is CCCCCC=CCC=CCC=CCCCCC(=O)OCC(CO)OC(=O)CCCCCCCC=CCCCCCCCC. The predicted molar refractivity (Wildman–Crippen MR) is 187 cm³/mol. The third kappa shape index (κ3) is 32.8. The van der Waals surface area contributed by atoms with Gasteiger partial charge < -0.3 is 14.6 Å². The zero-order valence-electron chi connectivity index (χ0n) is 28.7. The lowest BCUT2D eigenvalue weighted by Gasteiger charge is -2.15. The fraction of sp³-hybridized carbons (Fsp3) is 0.744. The first kappa shape index (κ1) is 41.9. The van der Waals surface area contributed by atoms with E-state index in [0.717, 1.165) is 57.8 Å². The summed E-state index contributed by atoms with van der Waals surface area (Å²) in [5, 5.41) is 9.52. The highest BCUT2D eigenvalue weighted by Gasteiger charge is 2.16. The van der Waals surface area contributed by atoms with E-state index in [4.69, 9.17) is 9.47 Å². The van der Waals surface area contributed by atoms with Gasteiger partial charge in [0.15, 0.2) is 6.10 Å². The summed E-state index contributed by atoms with van der Waals surface area (Å²) in [6, 6.07) is 0. The quantitative estimate of drug-likeness (QED) is 0.0462. The average Bonchev–Trinajstić information content (AvgIpc) is 3.02. The maximum atomic E-state index is 12.1. The van der Waals surface area contributed by atoms with Crippen LogP contribution < -0.4 is 0 Å². The fourth-order valence-corrected chi connectivity index (χ4v) is 4.79. The Morgan fingerprint density at radius 3 is 1.48 bits per heavy atom. The van der Waals surface area contributed by atoms with Gasteiger partial charge in [-0.05, 0) is 77.0 Å². The molecule has 0 aromatic carbocycles. The van der Waals surface area contributed by atoms with Gasteiger partial charge in [0, 0.05) is 12.8 Å². The molecule has 0 aliphatic rings. The van der Waals surface area contributed by atoms with Crippen molar-refractivity contribution in [1.29, 1.82) is 0 Å². The Morgan fingerprint density at radius 1 is 0.523 bits per heavy atom. The second kappa shape index (κ2) is 35.3. The fourth-order valence-electron chi connectivity index (χ4n) is 4.79. The van der Waals surface area contributed by atoms with Crippen LogP contribution in [0.1, 0.15) is 168 Å². The van der Waals surface area contributed by atoms with Gasteiger partial charge in [-0.15, -0.1) is 0 Å². The molecular weight excluding hydrogens is 548 g/mol. The van der Waals surface area contributed by atoms with E-state index < -0.39 is 6.10 Å². The number of carbonyl (C=O) groups excluding carboxylic acids is 2. The highest BCUT2D eigenvalue weighted by Crippen LogP contribution is 2.11. The molecular formula is C39H68O5. The van der Waals surface area contributed by atoms with Crippen molar-refractivity contribution >= 4 is 11.9 Å². The highest BCUT2D eigenvalue weighted by atomic mass is 16.6. The third-order valence-electron chi connectivity index (χ3n) is 7.60. The molecule has 0 aromatic heterocycles. The second-order valence-electron chi connectivity index (χ2n) is 11.9. The predicted octanol–water partition coefficient (Wildman–Crippen LogP) is 11.1. The van der Waals surface area contributed by atoms with Crippen LogP contribution in [0.25, 0.3) is 0 Å². The van der Waals surface area contributed by atoms with Crippen LogP contribution in [0.5, 0.6) is 0 Å². The van der Waals surface area contributed by atoms with Gasteiger partial charge in [-0.25, -0.2) is 0 Å². The van der Waals surface area contributed by atoms with Crippen molar-refractivity contribution in [2.75, 3.05) is 13.2 Å². The number of hydrogen-bond donors (Lipinski definition) is 1. The van der Waals surface area contributed by atoms with Crippen molar-refractivity contribution in [2.45, 2.75) is 174 Å². The minimum atomic E-state index is -0.790. The summed E-state index contributed by atoms with van der Waals surface area (Å²) in [5.74, 6) is -0.648. The molecule has 0 fully saturated rings. The molecule has 44 heavy (non-hydrogen) atoms. The Labute approximate surface area is 271 Å². The molecule has 0 rings (SSSR count). The molecule has 0 aromatic rings. The molecule has 0 amide bonds. The molecule has 0 spiro atoms. The summed E-state index contributed by atoms with van der Waals surface area (Å²) >= 11 is 0. The van der Waals surface area contributed by atoms with Crippen molar-refractivity contribution in [3.05, 3.63) is 48.6 Å². The van der Waals surface area contributed by atoms with Crippen LogP contribution in [0.2, 0.25) is 0 Å². The standard InChI is InChI=1S/C39H68O5/c1-3-5-7-9-11-13-15-17-19-21-23-25-27-29-31-33-38(41)43-36-37(35-40)44-39(42)34-32-30-28-26-24-22-20-18-16-14-12-10-8-6-4-2/h11,13,17-20,23,25,37,40H,3-10,12,14-16,21-22,24,26-36H2,1-2H3. The van der Waals surface area contributed by atoms with Gasteiger partial charge in [0.25, 0.3) is 0 Å². The highest BCUT2D eigenvalue weighted by molar-refractivity contribution is 5.70. The molecule has 0 saturated heterocycles. The van der Waals surface area contributed by atoms with E-state index in [0.29, 0.717) is 12.8 Å². The van der Waals surface area contributed by atoms with E-state index in [1.165, 1.54) is 83.5 Å². The van der Waals surface area contributed by atoms with E-state index in [1.807, 2.05) is 0 Å². The topological polar surface area (TPSA) is 72.8 Å². The Hall–Kier alpha value is -2.14. The number of carbonyl (C=O) groups is 2. The first-order chi connectivity index (χ1) is 21.6. The number of rotatable bonds is 32. The lowest BCUT2D eigenvalue weighted by atomic mass is 10.1. The largest absolute Gasteiger partial charge is 0.462 e. The van der Waals surface area contributed by atoms with E-state index in [9.17, 15) is 14.7 Å². The molecule has 0 aliphatic carbocycles. The van der Waals surface area contributed by atoms with Crippen LogP contribution in [-0.4, -0.2) is 36.4 Å². The van der Waals surface area contributed by atoms with Crippen LogP contribution in [0.15, 0.2) is 48.6 Å². The number of aliphatic hydroxyl groups excluding tert-OH is 1. The smallest absolute Gasteiger partial charge is 0.306 e. The maximum Gasteiger partial charge on any atom is 0.306 e. The Morgan fingerprint density at radius 2 is 0.909 bits per heavy atom. The molecule has 5 heteroatoms. The number of allylic oxidation sites excluding steroid dienone is 8. The number of hydrogen-bond acceptors (Lipinski definition) is 5. The molecule has 0 saturated carbocycles. The molecule has 0 heterocycles. The summed E-state index contributed by atoms with van der Waals surface area (Å²) in [6.07, 6.45) is 43.1. The molecule has 1 unspecified atom stereocenters. The van der Waals surface area contributed by atoms with Crippen molar-refractivity contribution in [2.24, 2.45) is 0 Å². The van der Waals surface area contributed by atoms with Gasteiger partial charge in [0.1, 0.15) is 6.61 Å². The number of esters is 2. The summed E-state index contributed by atoms with van der Waals surface area (Å²) < 4.78 is 10.5. The third-order valence-corrected chi connectivity index (χ3v) is 7.60. The Balaban J connectivity index is 3.67. The van der Waals surface area contributed by atoms with Gasteiger partial charge >= 0.3 is 11.9 Å². The van der Waals surface area contributed by atoms with Crippen molar-refractivity contribution in [3.8, 4) is 0 Å². The monoisotopic (exact) mass is 617 g/mol. The van der Waals surface area contributed by atoms with Crippen LogP contribution in [0.4, 0.5) is 0 Å². The Kier molecular flexibility index (Phi) is 33.6. The van der Waals surface area contributed by atoms with E-state index in [1.54, 1.807) is 0 Å². The number of aliphatic hydroxyl groups is 1. The van der Waals surface area contributed by atoms with Crippen molar-refractivity contribution in [3.63, 3.8) is 0 Å². The van der Waals surface area contributed by atoms with E-state index >= 15 is 0 Å². The zero-order valence-corrected chi connectivity index (χ0v) is 28.7. The first-order valence-electron chi connectivity index (χ1n) is 18.2. The molecule has 0 radical (unpaired) electrons. The van der Waals surface area contributed by atoms with Crippen molar-refractivity contribution < 1.29 is 24.2 Å². The normalized spacial score (nSPS) is 12.7. The van der Waals surface area contributed by atoms with Gasteiger partial charge in [0.2, 0.25) is 0 Å². The summed E-state index contributed by atoms with van der Waals surface area (Å²) in [5.41, 5.74) is 0. The van der Waals surface area contributed by atoms with Gasteiger partial charge in [-0.2, -0.15) is 0 Å². The van der Waals surface area contributed by atoms with Gasteiger partial charge in [0.05, 0.1) is 6.61 Å². The molecule has 0 bridgehead atoms. The van der Waals surface area contributed by atoms with Crippen LogP contribution in [0.3, 0.4) is 0 Å². The van der Waals surface area contributed by atoms with E-state index in [-0.39, 0.29) is 25.2 Å². The molecule has 1 atom stereocenters. The lowest BCUT2D eigenvalue weighted by molar-refractivity contribution is -0.161. The van der Waals surface area contributed by atoms with Gasteiger partial charge in [-0.3, -0.25) is 9.59 Å². The number of unbranched alkanes of at least 4 members (excludes halogenated alkanes) is 16. The minimum Gasteiger partial charge on any atom is -0.462 e. The van der Waals surface area contributed by atoms with Crippen molar-refractivity contribution in [1.82, 2.24) is 0 Å². The van der Waals surface area contributed by atoms with E-state index in [2.05, 4.69) is 62.5 Å². The summed E-state index contributed by atoms with van der Waals surface area (Å²) in [7, 11) is 0.